The summed E-state index contributed by atoms with van der Waals surface area (Å²) in [6.07, 6.45) is 0. The smallest absolute Gasteiger partial charge is 0.138 e. The Morgan fingerprint density at radius 3 is 2.70 bits per heavy atom. The largest absolute Gasteiger partial charge is 0.510 e. The molecule has 0 aliphatic carbocycles. The third kappa shape index (κ3) is 3.50. The molecule has 0 bridgehead atoms. The molecule has 1 aromatic heterocycles. The van der Waals surface area contributed by atoms with Crippen LogP contribution in [0.15, 0.2) is 59.2 Å². The highest BCUT2D eigenvalue weighted by atomic mass is 35.5. The van der Waals surface area contributed by atoms with E-state index < -0.39 is 0 Å². The summed E-state index contributed by atoms with van der Waals surface area (Å²) in [5.74, 6) is 0.277. The maximum absolute atomic E-state index is 10.3. The number of nitrogens with zero attached hydrogens (tertiary/aromatic N) is 2. The van der Waals surface area contributed by atoms with E-state index in [4.69, 9.17) is 11.6 Å². The third-order valence-electron chi connectivity index (χ3n) is 3.11. The van der Waals surface area contributed by atoms with Crippen molar-refractivity contribution in [3.05, 3.63) is 64.3 Å². The molecule has 3 rings (SSSR count). The Labute approximate surface area is 146 Å². The van der Waals surface area contributed by atoms with Crippen molar-refractivity contribution < 1.29 is 5.11 Å². The minimum absolute atomic E-state index is 0.0106. The standard InChI is InChI=1S/C17H11ClN2OS2/c18-12-5-1-3-7-15(12)22-10-14(21)11(9-19)17-20-13-6-2-4-8-16(13)23-17/h1-8,21H,10H2/b14-11-. The topological polar surface area (TPSA) is 56.9 Å². The summed E-state index contributed by atoms with van der Waals surface area (Å²) in [5.41, 5.74) is 1.04. The van der Waals surface area contributed by atoms with Crippen LogP contribution in [0.5, 0.6) is 0 Å². The van der Waals surface area contributed by atoms with Gasteiger partial charge in [-0.2, -0.15) is 5.26 Å². The number of hydrogen-bond donors (Lipinski definition) is 1. The highest BCUT2D eigenvalue weighted by molar-refractivity contribution is 7.99. The van der Waals surface area contributed by atoms with Gasteiger partial charge in [0.2, 0.25) is 0 Å². The Morgan fingerprint density at radius 2 is 1.96 bits per heavy atom. The van der Waals surface area contributed by atoms with E-state index in [1.165, 1.54) is 23.1 Å². The van der Waals surface area contributed by atoms with Crippen molar-refractivity contribution in [2.45, 2.75) is 4.90 Å². The zero-order chi connectivity index (χ0) is 16.2. The maximum atomic E-state index is 10.3. The molecule has 1 heterocycles. The van der Waals surface area contributed by atoms with Crippen LogP contribution in [-0.2, 0) is 0 Å². The van der Waals surface area contributed by atoms with Gasteiger partial charge in [0.1, 0.15) is 22.4 Å². The van der Waals surface area contributed by atoms with Crippen LogP contribution in [0.2, 0.25) is 5.02 Å². The molecule has 2 aromatic carbocycles. The zero-order valence-corrected chi connectivity index (χ0v) is 14.3. The van der Waals surface area contributed by atoms with E-state index in [-0.39, 0.29) is 17.1 Å². The Balaban J connectivity index is 1.87. The fourth-order valence-corrected chi connectivity index (χ4v) is 4.09. The SMILES string of the molecule is N#C/C(=C(/O)CSc1ccccc1Cl)c1nc2ccccc2s1. The predicted octanol–water partition coefficient (Wildman–Crippen LogP) is 5.53. The number of rotatable bonds is 4. The molecule has 0 aliphatic rings. The van der Waals surface area contributed by atoms with E-state index in [2.05, 4.69) is 11.1 Å². The first kappa shape index (κ1) is 15.9. The van der Waals surface area contributed by atoms with Gasteiger partial charge in [0.05, 0.1) is 21.0 Å². The molecule has 1 N–H and O–H groups in total. The molecule has 3 aromatic rings. The summed E-state index contributed by atoms with van der Waals surface area (Å²) < 4.78 is 0.988. The predicted molar refractivity (Wildman–Crippen MR) is 97.0 cm³/mol. The zero-order valence-electron chi connectivity index (χ0n) is 11.9. The molecule has 0 aliphatic heterocycles. The van der Waals surface area contributed by atoms with Gasteiger partial charge in [0.15, 0.2) is 0 Å². The first-order valence-corrected chi connectivity index (χ1v) is 8.92. The van der Waals surface area contributed by atoms with Crippen LogP contribution in [-0.4, -0.2) is 15.8 Å². The van der Waals surface area contributed by atoms with Crippen molar-refractivity contribution >= 4 is 50.5 Å². The van der Waals surface area contributed by atoms with Crippen molar-refractivity contribution in [1.29, 1.82) is 5.26 Å². The highest BCUT2D eigenvalue weighted by Crippen LogP contribution is 2.31. The third-order valence-corrected chi connectivity index (χ3v) is 5.69. The molecule has 0 saturated carbocycles. The molecule has 0 amide bonds. The number of benzene rings is 2. The number of nitriles is 1. The molecule has 0 spiro atoms. The summed E-state index contributed by atoms with van der Waals surface area (Å²) in [4.78, 5) is 5.28. The summed E-state index contributed by atoms with van der Waals surface area (Å²) in [7, 11) is 0. The lowest BCUT2D eigenvalue weighted by Gasteiger charge is -2.04. The lowest BCUT2D eigenvalue weighted by molar-refractivity contribution is 0.421. The van der Waals surface area contributed by atoms with Gasteiger partial charge < -0.3 is 5.11 Å². The van der Waals surface area contributed by atoms with Crippen LogP contribution < -0.4 is 0 Å². The number of allylic oxidation sites excluding steroid dienone is 1. The van der Waals surface area contributed by atoms with E-state index in [1.54, 1.807) is 6.07 Å². The van der Waals surface area contributed by atoms with Gasteiger partial charge in [-0.25, -0.2) is 4.98 Å². The number of aliphatic hydroxyl groups is 1. The first-order valence-electron chi connectivity index (χ1n) is 6.74. The van der Waals surface area contributed by atoms with Gasteiger partial charge in [-0.15, -0.1) is 23.1 Å². The van der Waals surface area contributed by atoms with Crippen LogP contribution in [0.25, 0.3) is 15.8 Å². The molecular formula is C17H11ClN2OS2. The molecule has 0 unspecified atom stereocenters. The maximum Gasteiger partial charge on any atom is 0.138 e. The van der Waals surface area contributed by atoms with Crippen LogP contribution in [0, 0.1) is 11.3 Å². The van der Waals surface area contributed by atoms with Crippen molar-refractivity contribution in [3.63, 3.8) is 0 Å². The Kier molecular flexibility index (Phi) is 4.87. The number of para-hydroxylation sites is 1. The molecule has 0 atom stereocenters. The summed E-state index contributed by atoms with van der Waals surface area (Å²) in [6, 6.07) is 17.1. The van der Waals surface area contributed by atoms with Gasteiger partial charge in [0.25, 0.3) is 0 Å². The monoisotopic (exact) mass is 358 g/mol. The van der Waals surface area contributed by atoms with E-state index in [0.717, 1.165) is 15.1 Å². The summed E-state index contributed by atoms with van der Waals surface area (Å²) in [5, 5.41) is 20.9. The molecule has 0 saturated heterocycles. The van der Waals surface area contributed by atoms with E-state index >= 15 is 0 Å². The number of thiazole rings is 1. The fourth-order valence-electron chi connectivity index (χ4n) is 1.99. The average Bonchev–Trinajstić information content (AvgIpc) is 2.98. The van der Waals surface area contributed by atoms with Crippen molar-refractivity contribution in [2.24, 2.45) is 0 Å². The van der Waals surface area contributed by atoms with Gasteiger partial charge in [0, 0.05) is 4.90 Å². The van der Waals surface area contributed by atoms with Crippen molar-refractivity contribution in [2.75, 3.05) is 5.75 Å². The van der Waals surface area contributed by atoms with Crippen LogP contribution in [0.4, 0.5) is 0 Å². The number of aliphatic hydroxyl groups excluding tert-OH is 1. The lowest BCUT2D eigenvalue weighted by Crippen LogP contribution is -1.93. The molecule has 23 heavy (non-hydrogen) atoms. The van der Waals surface area contributed by atoms with Gasteiger partial charge in [-0.1, -0.05) is 35.9 Å². The average molecular weight is 359 g/mol. The van der Waals surface area contributed by atoms with Crippen LogP contribution in [0.1, 0.15) is 5.01 Å². The second-order valence-electron chi connectivity index (χ2n) is 4.64. The summed E-state index contributed by atoms with van der Waals surface area (Å²) >= 11 is 8.88. The highest BCUT2D eigenvalue weighted by Gasteiger charge is 2.14. The first-order chi connectivity index (χ1) is 11.2. The van der Waals surface area contributed by atoms with Crippen molar-refractivity contribution in [3.8, 4) is 6.07 Å². The van der Waals surface area contributed by atoms with Crippen LogP contribution in [0.3, 0.4) is 0 Å². The van der Waals surface area contributed by atoms with Gasteiger partial charge in [-0.05, 0) is 24.3 Å². The van der Waals surface area contributed by atoms with E-state index in [0.29, 0.717) is 10.0 Å². The summed E-state index contributed by atoms with van der Waals surface area (Å²) in [6.45, 7) is 0. The second kappa shape index (κ2) is 7.05. The number of aromatic nitrogens is 1. The normalized spacial score (nSPS) is 12.0. The lowest BCUT2D eigenvalue weighted by atomic mass is 10.2. The molecule has 6 heteroatoms. The number of hydrogen-bond acceptors (Lipinski definition) is 5. The number of halogens is 1. The molecule has 0 radical (unpaired) electrons. The second-order valence-corrected chi connectivity index (χ2v) is 7.09. The van der Waals surface area contributed by atoms with E-state index in [1.807, 2.05) is 42.5 Å². The number of thioether (sulfide) groups is 1. The molecular weight excluding hydrogens is 348 g/mol. The van der Waals surface area contributed by atoms with Crippen LogP contribution >= 0.6 is 34.7 Å². The molecule has 114 valence electrons. The molecule has 3 nitrogen and oxygen atoms in total. The minimum Gasteiger partial charge on any atom is -0.510 e. The Hall–Kier alpha value is -2.00. The van der Waals surface area contributed by atoms with Gasteiger partial charge >= 0.3 is 0 Å². The molecule has 0 fully saturated rings. The van der Waals surface area contributed by atoms with Crippen molar-refractivity contribution in [1.82, 2.24) is 4.98 Å². The van der Waals surface area contributed by atoms with Gasteiger partial charge in [-0.3, -0.25) is 0 Å². The number of fused-ring (bicyclic) bond motifs is 1. The quantitative estimate of drug-likeness (QED) is 0.378. The Bertz CT molecular complexity index is 894. The minimum atomic E-state index is 0.0106. The van der Waals surface area contributed by atoms with E-state index in [9.17, 15) is 10.4 Å². The Morgan fingerprint density at radius 1 is 1.22 bits per heavy atom. The fraction of sp³-hybridized carbons (Fsp3) is 0.0588.